The highest BCUT2D eigenvalue weighted by Crippen LogP contribution is 2.59. The molecule has 2 aliphatic carbocycles. The molecule has 0 amide bonds. The van der Waals surface area contributed by atoms with Gasteiger partial charge >= 0.3 is 0 Å². The van der Waals surface area contributed by atoms with E-state index in [0.29, 0.717) is 0 Å². The molecule has 10 rings (SSSR count). The van der Waals surface area contributed by atoms with Crippen molar-refractivity contribution in [3.8, 4) is 44.9 Å². The van der Waals surface area contributed by atoms with Gasteiger partial charge in [-0.05, 0) is 136 Å². The van der Waals surface area contributed by atoms with E-state index in [2.05, 4.69) is 199 Å². The Morgan fingerprint density at radius 2 is 0.617 bits per heavy atom. The summed E-state index contributed by atoms with van der Waals surface area (Å²) in [5.74, 6) is 0.503. The van der Waals surface area contributed by atoms with Crippen LogP contribution >= 0.6 is 0 Å². The molecule has 0 fully saturated rings. The van der Waals surface area contributed by atoms with Crippen LogP contribution in [-0.2, 0) is 21.7 Å². The molecule has 2 N–H and O–H groups in total. The van der Waals surface area contributed by atoms with E-state index in [1.807, 2.05) is 24.3 Å². The topological polar surface area (TPSA) is 40.5 Å². The Hall–Kier alpha value is -6.64. The highest BCUT2D eigenvalue weighted by Gasteiger charge is 2.48. The first kappa shape index (κ1) is 37.6. The average molecular weight is 779 g/mol. The summed E-state index contributed by atoms with van der Waals surface area (Å²) in [5.41, 5.74) is 18.0. The number of aromatic hydroxyl groups is 2. The van der Waals surface area contributed by atoms with E-state index in [1.54, 1.807) is 0 Å². The Kier molecular flexibility index (Phi) is 8.43. The standard InChI is InChI=1S/C58H50O2/c1-55(2,3)39-17-21-41(22-18-39)57(43-25-29-45(59)30-26-43)51-13-9-7-11-47(51)49-33-15-37(35-53(49)57)38-16-34-50-48-12-8-10-14-52(48)58(54(50)36-38,44-27-31-46(60)32-28-44)42-23-19-40(20-24-42)56(4,5)6/h7-36,59-60H,1-6H3. The van der Waals surface area contributed by atoms with Gasteiger partial charge in [0.2, 0.25) is 0 Å². The zero-order valence-electron chi connectivity index (χ0n) is 35.2. The predicted molar refractivity (Wildman–Crippen MR) is 247 cm³/mol. The second kappa shape index (κ2) is 13.4. The molecule has 8 aromatic carbocycles. The van der Waals surface area contributed by atoms with E-state index in [9.17, 15) is 10.2 Å². The summed E-state index contributed by atoms with van der Waals surface area (Å²) >= 11 is 0. The first-order valence-corrected chi connectivity index (χ1v) is 21.1. The molecule has 2 aliphatic rings. The zero-order valence-corrected chi connectivity index (χ0v) is 35.2. The molecule has 0 saturated carbocycles. The van der Waals surface area contributed by atoms with Crippen molar-refractivity contribution in [2.75, 3.05) is 0 Å². The molecule has 2 nitrogen and oxygen atoms in total. The lowest BCUT2D eigenvalue weighted by Crippen LogP contribution is -2.29. The zero-order chi connectivity index (χ0) is 41.6. The van der Waals surface area contributed by atoms with Gasteiger partial charge in [0.05, 0.1) is 10.8 Å². The van der Waals surface area contributed by atoms with Crippen LogP contribution in [0.5, 0.6) is 11.5 Å². The summed E-state index contributed by atoms with van der Waals surface area (Å²) in [7, 11) is 0. The third-order valence-corrected chi connectivity index (χ3v) is 13.4. The van der Waals surface area contributed by atoms with Gasteiger partial charge in [0.25, 0.3) is 0 Å². The van der Waals surface area contributed by atoms with Crippen LogP contribution < -0.4 is 0 Å². The number of hydrogen-bond acceptors (Lipinski definition) is 2. The average Bonchev–Trinajstić information content (AvgIpc) is 3.72. The molecule has 2 atom stereocenters. The quantitative estimate of drug-likeness (QED) is 0.183. The highest BCUT2D eigenvalue weighted by molar-refractivity contribution is 5.91. The van der Waals surface area contributed by atoms with E-state index in [-0.39, 0.29) is 22.3 Å². The van der Waals surface area contributed by atoms with Gasteiger partial charge in [-0.3, -0.25) is 0 Å². The molecule has 0 aliphatic heterocycles. The molecular formula is C58H50O2. The number of rotatable bonds is 5. The van der Waals surface area contributed by atoms with Crippen molar-refractivity contribution in [1.82, 2.24) is 0 Å². The fourth-order valence-corrected chi connectivity index (χ4v) is 10.4. The molecule has 60 heavy (non-hydrogen) atoms. The van der Waals surface area contributed by atoms with E-state index >= 15 is 0 Å². The summed E-state index contributed by atoms with van der Waals surface area (Å²) in [4.78, 5) is 0. The Morgan fingerprint density at radius 3 is 0.950 bits per heavy atom. The molecule has 2 unspecified atom stereocenters. The van der Waals surface area contributed by atoms with Gasteiger partial charge in [-0.1, -0.05) is 187 Å². The minimum Gasteiger partial charge on any atom is -0.508 e. The summed E-state index contributed by atoms with van der Waals surface area (Å²) in [6.45, 7) is 13.6. The van der Waals surface area contributed by atoms with Gasteiger partial charge in [-0.15, -0.1) is 0 Å². The lowest BCUT2D eigenvalue weighted by Gasteiger charge is -2.35. The van der Waals surface area contributed by atoms with Gasteiger partial charge in [0, 0.05) is 0 Å². The lowest BCUT2D eigenvalue weighted by molar-refractivity contribution is 0.474. The second-order valence-electron chi connectivity index (χ2n) is 18.9. The largest absolute Gasteiger partial charge is 0.508 e. The second-order valence-corrected chi connectivity index (χ2v) is 18.9. The first-order chi connectivity index (χ1) is 28.8. The third-order valence-electron chi connectivity index (χ3n) is 13.4. The van der Waals surface area contributed by atoms with Gasteiger partial charge < -0.3 is 10.2 Å². The van der Waals surface area contributed by atoms with Crippen LogP contribution in [0, 0.1) is 0 Å². The van der Waals surface area contributed by atoms with E-state index in [0.717, 1.165) is 22.3 Å². The molecule has 0 saturated heterocycles. The lowest BCUT2D eigenvalue weighted by atomic mass is 9.66. The maximum atomic E-state index is 10.6. The number of phenols is 2. The number of phenolic OH excluding ortho intramolecular Hbond substituents is 2. The monoisotopic (exact) mass is 778 g/mol. The normalized spacial score (nSPS) is 17.8. The van der Waals surface area contributed by atoms with Crippen molar-refractivity contribution in [2.24, 2.45) is 0 Å². The van der Waals surface area contributed by atoms with E-state index in [4.69, 9.17) is 0 Å². The van der Waals surface area contributed by atoms with Crippen LogP contribution in [0.4, 0.5) is 0 Å². The number of fused-ring (bicyclic) bond motifs is 6. The predicted octanol–water partition coefficient (Wildman–Crippen LogP) is 14.1. The minimum absolute atomic E-state index is 0.0140. The van der Waals surface area contributed by atoms with Crippen molar-refractivity contribution < 1.29 is 10.2 Å². The molecular weight excluding hydrogens is 729 g/mol. The molecule has 8 aromatic rings. The van der Waals surface area contributed by atoms with Crippen LogP contribution in [0.15, 0.2) is 182 Å². The van der Waals surface area contributed by atoms with Crippen LogP contribution in [0.1, 0.15) is 97.2 Å². The van der Waals surface area contributed by atoms with Gasteiger partial charge in [-0.25, -0.2) is 0 Å². The van der Waals surface area contributed by atoms with Gasteiger partial charge in [0.15, 0.2) is 0 Å². The summed E-state index contributed by atoms with van der Waals surface area (Å²) in [5, 5.41) is 21.1. The van der Waals surface area contributed by atoms with Gasteiger partial charge in [0.1, 0.15) is 11.5 Å². The van der Waals surface area contributed by atoms with Crippen LogP contribution in [0.2, 0.25) is 0 Å². The van der Waals surface area contributed by atoms with Crippen molar-refractivity contribution in [1.29, 1.82) is 0 Å². The molecule has 2 heteroatoms. The Bertz CT molecular complexity index is 2720. The Morgan fingerprint density at radius 1 is 0.317 bits per heavy atom. The molecule has 0 aromatic heterocycles. The SMILES string of the molecule is CC(C)(C)c1ccc(C2(c3ccc(O)cc3)c3ccccc3-c3ccc(-c4ccc5c(c4)C(c4ccc(O)cc4)(c4ccc(C(C)(C)C)cc4)c4ccccc4-5)cc32)cc1. The number of hydrogen-bond donors (Lipinski definition) is 2. The first-order valence-electron chi connectivity index (χ1n) is 21.1. The maximum Gasteiger partial charge on any atom is 0.115 e. The molecule has 294 valence electrons. The van der Waals surface area contributed by atoms with Crippen LogP contribution in [0.3, 0.4) is 0 Å². The van der Waals surface area contributed by atoms with Crippen LogP contribution in [-0.4, -0.2) is 10.2 Å². The van der Waals surface area contributed by atoms with Crippen molar-refractivity contribution in [3.05, 3.63) is 238 Å². The van der Waals surface area contributed by atoms with Crippen molar-refractivity contribution in [3.63, 3.8) is 0 Å². The fourth-order valence-electron chi connectivity index (χ4n) is 10.4. The molecule has 0 bridgehead atoms. The highest BCUT2D eigenvalue weighted by atomic mass is 16.3. The summed E-state index contributed by atoms with van der Waals surface area (Å²) in [6, 6.07) is 65.8. The van der Waals surface area contributed by atoms with Crippen molar-refractivity contribution in [2.45, 2.75) is 63.2 Å². The molecule has 0 radical (unpaired) electrons. The Labute approximate surface area is 354 Å². The minimum atomic E-state index is -0.621. The maximum absolute atomic E-state index is 10.6. The molecule has 0 spiro atoms. The van der Waals surface area contributed by atoms with Crippen LogP contribution in [0.25, 0.3) is 33.4 Å². The van der Waals surface area contributed by atoms with E-state index < -0.39 is 10.8 Å². The fraction of sp³-hybridized carbons (Fsp3) is 0.172. The number of benzene rings is 8. The smallest absolute Gasteiger partial charge is 0.115 e. The third kappa shape index (κ3) is 5.54. The summed E-state index contributed by atoms with van der Waals surface area (Å²) in [6.07, 6.45) is 0. The van der Waals surface area contributed by atoms with E-state index in [1.165, 1.54) is 66.8 Å². The Balaban J connectivity index is 1.23. The van der Waals surface area contributed by atoms with Crippen molar-refractivity contribution >= 4 is 0 Å². The molecule has 0 heterocycles. The van der Waals surface area contributed by atoms with Gasteiger partial charge in [-0.2, -0.15) is 0 Å². The summed E-state index contributed by atoms with van der Waals surface area (Å²) < 4.78 is 0.